The number of sulfone groups is 1. The first-order chi connectivity index (χ1) is 23.1. The van der Waals surface area contributed by atoms with Crippen molar-refractivity contribution in [3.8, 4) is 28.5 Å². The highest BCUT2D eigenvalue weighted by molar-refractivity contribution is 7.90. The van der Waals surface area contributed by atoms with E-state index in [1.165, 1.54) is 13.2 Å². The smallest absolute Gasteiger partial charge is 0.249 e. The van der Waals surface area contributed by atoms with Crippen LogP contribution in [0, 0.1) is 30.0 Å². The molecule has 0 radical (unpaired) electrons. The fraction of sp³-hybridized carbons (Fsp3) is 0.432. The number of methoxy groups -OCH3 is 1. The van der Waals surface area contributed by atoms with Crippen LogP contribution in [-0.2, 0) is 14.6 Å². The molecule has 0 saturated heterocycles. The summed E-state index contributed by atoms with van der Waals surface area (Å²) < 4.78 is 69.7. The molecule has 0 spiro atoms. The first-order valence-electron chi connectivity index (χ1n) is 16.5. The molecule has 0 amide bonds. The zero-order valence-corrected chi connectivity index (χ0v) is 31.4. The Kier molecular flexibility index (Phi) is 10.5. The lowest BCUT2D eigenvalue weighted by molar-refractivity contribution is 0.0512. The minimum atomic E-state index is -3.92. The standard InChI is InChI=1S/C37H44F2N4O4SSi/c1-22(2)49(23(3)4,24(5)6)18-15-28-30(38)14-13-26-19-27(47-21-46-8)20-29(32(26)28)34-33(39)35-31(25(7)40-34)36(43-16-11-10-12-17-43)42-37(41-35)48(9,44)45/h10-11,13-14,19-20,22-24H,12,16-17,21H2,1-9H3. The van der Waals surface area contributed by atoms with E-state index >= 15 is 8.78 Å². The molecule has 0 bridgehead atoms. The largest absolute Gasteiger partial charge is 0.468 e. The van der Waals surface area contributed by atoms with Crippen LogP contribution in [0.5, 0.6) is 5.75 Å². The molecule has 49 heavy (non-hydrogen) atoms. The molecule has 2 aromatic heterocycles. The van der Waals surface area contributed by atoms with Gasteiger partial charge in [-0.2, -0.15) is 0 Å². The maximum atomic E-state index is 17.1. The van der Waals surface area contributed by atoms with Gasteiger partial charge in [-0.05, 0) is 53.6 Å². The van der Waals surface area contributed by atoms with Gasteiger partial charge in [0.15, 0.2) is 12.6 Å². The van der Waals surface area contributed by atoms with Crippen molar-refractivity contribution in [3.63, 3.8) is 0 Å². The van der Waals surface area contributed by atoms with E-state index in [2.05, 4.69) is 63.0 Å². The number of aromatic nitrogens is 3. The van der Waals surface area contributed by atoms with Crippen molar-refractivity contribution >= 4 is 45.4 Å². The van der Waals surface area contributed by atoms with E-state index in [-0.39, 0.29) is 29.1 Å². The van der Waals surface area contributed by atoms with Crippen molar-refractivity contribution in [2.75, 3.05) is 38.1 Å². The first kappa shape index (κ1) is 36.4. The Labute approximate surface area is 288 Å². The zero-order valence-electron chi connectivity index (χ0n) is 29.6. The number of rotatable bonds is 9. The number of aryl methyl sites for hydroxylation is 1. The number of hydrogen-bond donors (Lipinski definition) is 0. The second-order valence-corrected chi connectivity index (χ2v) is 21.1. The van der Waals surface area contributed by atoms with Gasteiger partial charge in [0.05, 0.1) is 16.6 Å². The molecule has 1 aliphatic heterocycles. The van der Waals surface area contributed by atoms with Crippen LogP contribution in [0.3, 0.4) is 0 Å². The summed E-state index contributed by atoms with van der Waals surface area (Å²) in [6.45, 7) is 15.8. The molecular formula is C37H44F2N4O4SSi. The lowest BCUT2D eigenvalue weighted by atomic mass is 9.95. The van der Waals surface area contributed by atoms with E-state index < -0.39 is 34.7 Å². The highest BCUT2D eigenvalue weighted by Crippen LogP contribution is 2.43. The fourth-order valence-electron chi connectivity index (χ4n) is 7.25. The van der Waals surface area contributed by atoms with Crippen LogP contribution in [0.1, 0.15) is 59.2 Å². The number of hydrogen-bond acceptors (Lipinski definition) is 8. The molecule has 3 heterocycles. The number of halogens is 2. The third-order valence-corrected chi connectivity index (χ3v) is 16.7. The second kappa shape index (κ2) is 14.1. The van der Waals surface area contributed by atoms with Crippen LogP contribution in [-0.4, -0.2) is 64.7 Å². The third kappa shape index (κ3) is 6.81. The Morgan fingerprint density at radius 3 is 2.27 bits per heavy atom. The second-order valence-electron chi connectivity index (χ2n) is 13.6. The molecule has 8 nitrogen and oxygen atoms in total. The van der Waals surface area contributed by atoms with Gasteiger partial charge in [0.2, 0.25) is 15.0 Å². The molecular weight excluding hydrogens is 663 g/mol. The molecule has 0 atom stereocenters. The Morgan fingerprint density at radius 1 is 0.980 bits per heavy atom. The molecule has 12 heteroatoms. The van der Waals surface area contributed by atoms with Crippen molar-refractivity contribution in [3.05, 3.63) is 59.3 Å². The molecule has 0 aliphatic carbocycles. The van der Waals surface area contributed by atoms with Crippen molar-refractivity contribution in [2.45, 2.75) is 76.7 Å². The predicted octanol–water partition coefficient (Wildman–Crippen LogP) is 8.15. The van der Waals surface area contributed by atoms with E-state index in [9.17, 15) is 8.42 Å². The fourth-order valence-corrected chi connectivity index (χ4v) is 13.0. The Bertz CT molecular complexity index is 2100. The summed E-state index contributed by atoms with van der Waals surface area (Å²) in [5.74, 6) is 2.52. The molecule has 0 fully saturated rings. The Hall–Kier alpha value is -3.92. The van der Waals surface area contributed by atoms with Crippen LogP contribution >= 0.6 is 0 Å². The van der Waals surface area contributed by atoms with Gasteiger partial charge in [0.1, 0.15) is 36.7 Å². The zero-order chi connectivity index (χ0) is 35.8. The number of anilines is 1. The van der Waals surface area contributed by atoms with Gasteiger partial charge >= 0.3 is 0 Å². The van der Waals surface area contributed by atoms with Crippen molar-refractivity contribution in [2.24, 2.45) is 0 Å². The highest BCUT2D eigenvalue weighted by Gasteiger charge is 2.42. The predicted molar refractivity (Wildman–Crippen MR) is 194 cm³/mol. The van der Waals surface area contributed by atoms with Crippen molar-refractivity contribution in [1.29, 1.82) is 0 Å². The normalized spacial score (nSPS) is 14.0. The molecule has 1 aliphatic rings. The number of ether oxygens (including phenoxy) is 2. The Morgan fingerprint density at radius 2 is 1.67 bits per heavy atom. The summed E-state index contributed by atoms with van der Waals surface area (Å²) >= 11 is 0. The summed E-state index contributed by atoms with van der Waals surface area (Å²) in [7, 11) is -4.72. The lowest BCUT2D eigenvalue weighted by Gasteiger charge is -2.38. The van der Waals surface area contributed by atoms with E-state index in [1.54, 1.807) is 25.1 Å². The van der Waals surface area contributed by atoms with Crippen LogP contribution in [0.25, 0.3) is 32.9 Å². The number of fused-ring (bicyclic) bond motifs is 2. The van der Waals surface area contributed by atoms with Crippen LogP contribution in [0.15, 0.2) is 41.6 Å². The van der Waals surface area contributed by atoms with E-state index in [0.717, 1.165) is 12.7 Å². The number of pyridine rings is 1. The van der Waals surface area contributed by atoms with Gasteiger partial charge < -0.3 is 14.4 Å². The lowest BCUT2D eigenvalue weighted by Crippen LogP contribution is -2.43. The number of nitrogens with zero attached hydrogens (tertiary/aromatic N) is 4. The van der Waals surface area contributed by atoms with Gasteiger partial charge in [-0.1, -0.05) is 65.7 Å². The summed E-state index contributed by atoms with van der Waals surface area (Å²) in [4.78, 5) is 15.3. The van der Waals surface area contributed by atoms with Crippen molar-refractivity contribution in [1.82, 2.24) is 15.0 Å². The SMILES string of the molecule is COCOc1cc(-c2nc(C)c3c(N4CC=CCC4)nc(S(C)(=O)=O)nc3c2F)c2c(C#C[Si](C(C)C)(C(C)C)C(C)C)c(F)ccc2c1. The van der Waals surface area contributed by atoms with Gasteiger partial charge in [0, 0.05) is 37.4 Å². The van der Waals surface area contributed by atoms with Crippen molar-refractivity contribution < 1.29 is 26.7 Å². The topological polar surface area (TPSA) is 94.5 Å². The average molecular weight is 707 g/mol. The third-order valence-electron chi connectivity index (χ3n) is 9.52. The molecule has 5 rings (SSSR count). The van der Waals surface area contributed by atoms with E-state index in [1.807, 2.05) is 17.1 Å². The molecule has 4 aromatic rings. The summed E-state index contributed by atoms with van der Waals surface area (Å²) in [6.07, 6.45) is 5.69. The van der Waals surface area contributed by atoms with Gasteiger partial charge in [-0.3, -0.25) is 0 Å². The van der Waals surface area contributed by atoms with E-state index in [0.29, 0.717) is 63.1 Å². The first-order valence-corrected chi connectivity index (χ1v) is 20.6. The minimum absolute atomic E-state index is 0.0741. The van der Waals surface area contributed by atoms with Crippen LogP contribution in [0.4, 0.5) is 14.6 Å². The minimum Gasteiger partial charge on any atom is -0.468 e. The summed E-state index contributed by atoms with van der Waals surface area (Å²) in [6, 6.07) is 6.29. The average Bonchev–Trinajstić information content (AvgIpc) is 3.05. The molecule has 0 N–H and O–H groups in total. The maximum absolute atomic E-state index is 17.1. The monoisotopic (exact) mass is 706 g/mol. The number of benzene rings is 2. The van der Waals surface area contributed by atoms with Gasteiger partial charge in [-0.25, -0.2) is 32.2 Å². The summed E-state index contributed by atoms with van der Waals surface area (Å²) in [5.41, 5.74) is 5.00. The van der Waals surface area contributed by atoms with E-state index in [4.69, 9.17) is 14.5 Å². The van der Waals surface area contributed by atoms with Gasteiger partial charge in [0.25, 0.3) is 0 Å². The maximum Gasteiger partial charge on any atom is 0.249 e. The highest BCUT2D eigenvalue weighted by atomic mass is 32.2. The van der Waals surface area contributed by atoms with Crippen LogP contribution in [0.2, 0.25) is 16.6 Å². The Balaban J connectivity index is 1.90. The van der Waals surface area contributed by atoms with Crippen LogP contribution < -0.4 is 9.64 Å². The molecule has 0 unspecified atom stereocenters. The molecule has 260 valence electrons. The quantitative estimate of drug-likeness (QED) is 0.0566. The summed E-state index contributed by atoms with van der Waals surface area (Å²) in [5, 5.41) is 0.768. The molecule has 2 aromatic carbocycles. The van der Waals surface area contributed by atoms with Gasteiger partial charge in [-0.15, -0.1) is 5.54 Å². The molecule has 0 saturated carbocycles.